The molecule has 0 N–H and O–H groups in total. The maximum atomic E-state index is 13.8. The molecule has 222 valence electrons. The molecule has 1 amide bonds. The van der Waals surface area contributed by atoms with Gasteiger partial charge in [-0.1, -0.05) is 17.4 Å². The van der Waals surface area contributed by atoms with Crippen molar-refractivity contribution < 1.29 is 27.4 Å². The molecule has 13 heteroatoms. The zero-order valence-electron chi connectivity index (χ0n) is 23.9. The van der Waals surface area contributed by atoms with E-state index in [0.29, 0.717) is 23.0 Å². The molecule has 0 fully saturated rings. The molecule has 0 aliphatic heterocycles. The second kappa shape index (κ2) is 15.6. The molecular formula is C27H39ClN4O6S2. The zero-order chi connectivity index (χ0) is 28.6. The van der Waals surface area contributed by atoms with Crippen LogP contribution in [0.4, 0.5) is 5.13 Å². The highest BCUT2D eigenvalue weighted by molar-refractivity contribution is 7.89. The number of aryl methyl sites for hydroxylation is 1. The Hall–Kier alpha value is -2.32. The van der Waals surface area contributed by atoms with Crippen LogP contribution in [0.5, 0.6) is 5.75 Å². The molecule has 0 bridgehead atoms. The number of anilines is 1. The first-order valence-corrected chi connectivity index (χ1v) is 14.9. The lowest BCUT2D eigenvalue weighted by Crippen LogP contribution is -2.36. The first kappa shape index (κ1) is 33.9. The molecule has 2 aromatic carbocycles. The normalized spacial score (nSPS) is 11.7. The number of hydrogen-bond donors (Lipinski definition) is 0. The van der Waals surface area contributed by atoms with E-state index in [1.54, 1.807) is 24.1 Å². The van der Waals surface area contributed by atoms with Crippen molar-refractivity contribution in [2.24, 2.45) is 0 Å². The maximum Gasteiger partial charge on any atom is 0.260 e. The molecule has 40 heavy (non-hydrogen) atoms. The number of methoxy groups -OCH3 is 3. The van der Waals surface area contributed by atoms with Gasteiger partial charge >= 0.3 is 0 Å². The number of thiazole rings is 1. The third-order valence-electron chi connectivity index (χ3n) is 6.20. The van der Waals surface area contributed by atoms with E-state index < -0.39 is 10.0 Å². The van der Waals surface area contributed by atoms with E-state index in [2.05, 4.69) is 4.90 Å². The molecule has 0 saturated heterocycles. The Kier molecular flexibility index (Phi) is 13.2. The molecule has 3 aromatic rings. The van der Waals surface area contributed by atoms with Crippen LogP contribution in [0, 0.1) is 6.92 Å². The summed E-state index contributed by atoms with van der Waals surface area (Å²) >= 11 is 1.44. The molecule has 0 spiro atoms. The fraction of sp³-hybridized carbons (Fsp3) is 0.481. The average molecular weight is 615 g/mol. The van der Waals surface area contributed by atoms with Gasteiger partial charge in [0, 0.05) is 39.4 Å². The van der Waals surface area contributed by atoms with Crippen molar-refractivity contribution in [2.45, 2.75) is 18.2 Å². The zero-order valence-corrected chi connectivity index (χ0v) is 26.3. The van der Waals surface area contributed by atoms with Crippen molar-refractivity contribution >= 4 is 55.0 Å². The number of rotatable bonds is 15. The Balaban J connectivity index is 0.00000560. The minimum absolute atomic E-state index is 0. The number of nitrogens with zero attached hydrogens (tertiary/aromatic N) is 4. The predicted molar refractivity (Wildman–Crippen MR) is 162 cm³/mol. The van der Waals surface area contributed by atoms with Gasteiger partial charge in [-0.3, -0.25) is 9.69 Å². The summed E-state index contributed by atoms with van der Waals surface area (Å²) in [6, 6.07) is 9.90. The fourth-order valence-electron chi connectivity index (χ4n) is 4.02. The lowest BCUT2D eigenvalue weighted by molar-refractivity contribution is 0.0986. The van der Waals surface area contributed by atoms with Crippen LogP contribution >= 0.6 is 23.7 Å². The molecule has 0 radical (unpaired) electrons. The van der Waals surface area contributed by atoms with E-state index in [4.69, 9.17) is 19.2 Å². The van der Waals surface area contributed by atoms with Crippen LogP contribution in [0.15, 0.2) is 41.3 Å². The lowest BCUT2D eigenvalue weighted by Gasteiger charge is -2.22. The van der Waals surface area contributed by atoms with Gasteiger partial charge in [-0.25, -0.2) is 13.4 Å². The quantitative estimate of drug-likeness (QED) is 0.254. The number of benzene rings is 2. The molecule has 1 heterocycles. The first-order valence-electron chi connectivity index (χ1n) is 12.6. The topological polar surface area (TPSA) is 102 Å². The number of amides is 1. The van der Waals surface area contributed by atoms with Crippen molar-refractivity contribution in [3.63, 3.8) is 0 Å². The molecule has 0 atom stereocenters. The van der Waals surface area contributed by atoms with Gasteiger partial charge in [0.1, 0.15) is 11.3 Å². The minimum Gasteiger partial charge on any atom is -0.494 e. The molecule has 0 unspecified atom stereocenters. The van der Waals surface area contributed by atoms with E-state index in [9.17, 15) is 13.2 Å². The summed E-state index contributed by atoms with van der Waals surface area (Å²) in [6.45, 7) is 4.17. The number of aromatic nitrogens is 1. The smallest absolute Gasteiger partial charge is 0.260 e. The number of carbonyl (C=O) groups excluding carboxylic acids is 1. The van der Waals surface area contributed by atoms with Gasteiger partial charge in [0.2, 0.25) is 10.0 Å². The Bertz CT molecular complexity index is 1340. The first-order chi connectivity index (χ1) is 18.6. The van der Waals surface area contributed by atoms with Gasteiger partial charge in [0.25, 0.3) is 5.91 Å². The van der Waals surface area contributed by atoms with E-state index in [1.165, 1.54) is 42.0 Å². The fourth-order valence-corrected chi connectivity index (χ4v) is 6.50. The summed E-state index contributed by atoms with van der Waals surface area (Å²) in [5.41, 5.74) is 2.15. The standard InChI is InChI=1S/C27H38N4O6S2.ClH/c1-20-8-13-23(37-6)24-25(20)38-27(28-24)31(15-7-14-29(2)3)26(32)21-9-11-22(12-10-21)39(33,34)30(16-18-35-4)17-19-36-5;/h8-13H,7,14-19H2,1-6H3;1H. The number of fused-ring (bicyclic) bond motifs is 1. The van der Waals surface area contributed by atoms with Crippen LogP contribution in [0.1, 0.15) is 22.3 Å². The van der Waals surface area contributed by atoms with Crippen molar-refractivity contribution in [1.29, 1.82) is 0 Å². The van der Waals surface area contributed by atoms with Gasteiger partial charge in [-0.15, -0.1) is 12.4 Å². The summed E-state index contributed by atoms with van der Waals surface area (Å²) in [5.74, 6) is 0.406. The van der Waals surface area contributed by atoms with E-state index in [0.717, 1.165) is 28.7 Å². The van der Waals surface area contributed by atoms with Crippen LogP contribution in [-0.4, -0.2) is 103 Å². The van der Waals surface area contributed by atoms with E-state index in [1.807, 2.05) is 33.2 Å². The number of sulfonamides is 1. The predicted octanol–water partition coefficient (Wildman–Crippen LogP) is 3.92. The van der Waals surface area contributed by atoms with E-state index in [-0.39, 0.29) is 49.5 Å². The summed E-state index contributed by atoms with van der Waals surface area (Å²) in [6.07, 6.45) is 0.741. The molecule has 3 rings (SSSR count). The van der Waals surface area contributed by atoms with Crippen molar-refractivity contribution in [1.82, 2.24) is 14.2 Å². The van der Waals surface area contributed by atoms with Gasteiger partial charge in [-0.05, 0) is 69.9 Å². The monoisotopic (exact) mass is 614 g/mol. The summed E-state index contributed by atoms with van der Waals surface area (Å²) in [7, 11) is 4.82. The summed E-state index contributed by atoms with van der Waals surface area (Å²) in [4.78, 5) is 22.4. The van der Waals surface area contributed by atoms with Gasteiger partial charge in [0.15, 0.2) is 5.13 Å². The SMILES string of the molecule is COCCN(CCOC)S(=O)(=O)c1ccc(C(=O)N(CCCN(C)C)c2nc3c(OC)ccc(C)c3s2)cc1.Cl. The van der Waals surface area contributed by atoms with Crippen LogP contribution < -0.4 is 9.64 Å². The molecule has 0 saturated carbocycles. The number of carbonyl (C=O) groups is 1. The highest BCUT2D eigenvalue weighted by Crippen LogP contribution is 2.37. The maximum absolute atomic E-state index is 13.8. The van der Waals surface area contributed by atoms with Crippen molar-refractivity contribution in [3.05, 3.63) is 47.5 Å². The van der Waals surface area contributed by atoms with Crippen LogP contribution in [-0.2, 0) is 19.5 Å². The van der Waals surface area contributed by atoms with Gasteiger partial charge in [0.05, 0.1) is 29.9 Å². The van der Waals surface area contributed by atoms with Gasteiger partial charge < -0.3 is 19.1 Å². The number of halogens is 1. The Morgan fingerprint density at radius 3 is 2.10 bits per heavy atom. The summed E-state index contributed by atoms with van der Waals surface area (Å²) in [5, 5.41) is 0.573. The molecule has 0 aliphatic rings. The Morgan fingerprint density at radius 1 is 0.925 bits per heavy atom. The highest BCUT2D eigenvalue weighted by atomic mass is 35.5. The third-order valence-corrected chi connectivity index (χ3v) is 9.33. The largest absolute Gasteiger partial charge is 0.494 e. The molecule has 1 aromatic heterocycles. The molecule has 10 nitrogen and oxygen atoms in total. The number of hydrogen-bond acceptors (Lipinski definition) is 9. The Morgan fingerprint density at radius 2 is 1.55 bits per heavy atom. The van der Waals surface area contributed by atoms with E-state index >= 15 is 0 Å². The minimum atomic E-state index is -3.80. The van der Waals surface area contributed by atoms with Gasteiger partial charge in [-0.2, -0.15) is 4.31 Å². The Labute approximate surface area is 247 Å². The number of ether oxygens (including phenoxy) is 3. The van der Waals surface area contributed by atoms with Crippen LogP contribution in [0.25, 0.3) is 10.2 Å². The van der Waals surface area contributed by atoms with Crippen molar-refractivity contribution in [3.8, 4) is 5.75 Å². The molecular weight excluding hydrogens is 576 g/mol. The average Bonchev–Trinajstić information content (AvgIpc) is 3.37. The highest BCUT2D eigenvalue weighted by Gasteiger charge is 2.26. The van der Waals surface area contributed by atoms with Crippen molar-refractivity contribution in [2.75, 3.05) is 79.7 Å². The molecule has 0 aliphatic carbocycles. The summed E-state index contributed by atoms with van der Waals surface area (Å²) < 4.78 is 44.5. The lowest BCUT2D eigenvalue weighted by atomic mass is 10.2. The second-order valence-electron chi connectivity index (χ2n) is 9.29. The van der Waals surface area contributed by atoms with Crippen LogP contribution in [0.2, 0.25) is 0 Å². The third kappa shape index (κ3) is 8.12. The second-order valence-corrected chi connectivity index (χ2v) is 12.2. The van der Waals surface area contributed by atoms with Crippen LogP contribution in [0.3, 0.4) is 0 Å².